The van der Waals surface area contributed by atoms with Gasteiger partial charge in [0.15, 0.2) is 0 Å². The van der Waals surface area contributed by atoms with Crippen LogP contribution in [0.15, 0.2) is 0 Å². The Morgan fingerprint density at radius 2 is 2.50 bits per heavy atom. The molecule has 0 aliphatic carbocycles. The van der Waals surface area contributed by atoms with Crippen molar-refractivity contribution in [1.82, 2.24) is 5.32 Å². The Bertz CT molecular complexity index is 40.8. The van der Waals surface area contributed by atoms with Crippen LogP contribution in [0.5, 0.6) is 0 Å². The first-order chi connectivity index (χ1) is 2.89. The van der Waals surface area contributed by atoms with E-state index in [0.29, 0.717) is 7.92 Å². The second-order valence-electron chi connectivity index (χ2n) is 1.74. The number of rotatable bonds is 0. The lowest BCUT2D eigenvalue weighted by Gasteiger charge is -1.92. The van der Waals surface area contributed by atoms with Crippen molar-refractivity contribution in [3.63, 3.8) is 0 Å². The zero-order valence-corrected chi connectivity index (χ0v) is 4.96. The van der Waals surface area contributed by atoms with Gasteiger partial charge in [-0.25, -0.2) is 0 Å². The van der Waals surface area contributed by atoms with Gasteiger partial charge in [-0.05, 0) is 19.4 Å². The van der Waals surface area contributed by atoms with E-state index in [1.807, 2.05) is 0 Å². The van der Waals surface area contributed by atoms with E-state index in [9.17, 15) is 0 Å². The predicted octanol–water partition coefficient (Wildman–Crippen LogP) is 0.659. The van der Waals surface area contributed by atoms with Crippen molar-refractivity contribution in [2.24, 2.45) is 0 Å². The van der Waals surface area contributed by atoms with Gasteiger partial charge >= 0.3 is 0 Å². The molecular formula is C4H10NP. The van der Waals surface area contributed by atoms with E-state index >= 15 is 0 Å². The van der Waals surface area contributed by atoms with Crippen LogP contribution in [0.25, 0.3) is 0 Å². The lowest BCUT2D eigenvalue weighted by atomic mass is 10.8. The van der Waals surface area contributed by atoms with Crippen molar-refractivity contribution in [1.29, 1.82) is 0 Å². The summed E-state index contributed by atoms with van der Waals surface area (Å²) in [7, 11) is 0.424. The molecule has 0 aromatic carbocycles. The second kappa shape index (κ2) is 1.90. The molecule has 0 bridgehead atoms. The van der Waals surface area contributed by atoms with Crippen LogP contribution in [0.1, 0.15) is 0 Å². The van der Waals surface area contributed by atoms with Gasteiger partial charge in [0.25, 0.3) is 0 Å². The van der Waals surface area contributed by atoms with Crippen molar-refractivity contribution in [2.75, 3.05) is 25.7 Å². The van der Waals surface area contributed by atoms with E-state index in [4.69, 9.17) is 0 Å². The predicted molar refractivity (Wildman–Crippen MR) is 30.6 cm³/mol. The summed E-state index contributed by atoms with van der Waals surface area (Å²) in [5, 5.41) is 3.30. The van der Waals surface area contributed by atoms with E-state index in [2.05, 4.69) is 12.0 Å². The van der Waals surface area contributed by atoms with E-state index < -0.39 is 0 Å². The van der Waals surface area contributed by atoms with Gasteiger partial charge < -0.3 is 5.32 Å². The molecule has 1 nitrogen and oxygen atoms in total. The molecule has 1 N–H and O–H groups in total. The van der Waals surface area contributed by atoms with Gasteiger partial charge in [-0.1, -0.05) is 7.92 Å². The number of nitrogens with one attached hydrogen (secondary N) is 1. The van der Waals surface area contributed by atoms with Crippen molar-refractivity contribution >= 4 is 7.92 Å². The molecule has 1 heterocycles. The largest absolute Gasteiger partial charge is 0.313 e. The quantitative estimate of drug-likeness (QED) is 0.444. The number of hydrogen-bond acceptors (Lipinski definition) is 1. The lowest BCUT2D eigenvalue weighted by Crippen LogP contribution is -2.04. The van der Waals surface area contributed by atoms with Crippen molar-refractivity contribution in [3.05, 3.63) is 0 Å². The van der Waals surface area contributed by atoms with Crippen molar-refractivity contribution < 1.29 is 0 Å². The maximum Gasteiger partial charge on any atom is 0.0153 e. The Kier molecular flexibility index (Phi) is 1.44. The molecule has 1 rings (SSSR count). The van der Waals surface area contributed by atoms with Crippen LogP contribution < -0.4 is 5.32 Å². The lowest BCUT2D eigenvalue weighted by molar-refractivity contribution is 0.885. The Balaban J connectivity index is 2.18. The molecule has 6 heavy (non-hydrogen) atoms. The molecule has 36 valence electrons. The zero-order valence-electron chi connectivity index (χ0n) is 4.07. The van der Waals surface area contributed by atoms with Gasteiger partial charge in [0.05, 0.1) is 0 Å². The van der Waals surface area contributed by atoms with Crippen LogP contribution in [-0.2, 0) is 0 Å². The number of hydrogen-bond donors (Lipinski definition) is 1. The average molecular weight is 103 g/mol. The van der Waals surface area contributed by atoms with Gasteiger partial charge in [0.2, 0.25) is 0 Å². The van der Waals surface area contributed by atoms with E-state index in [1.54, 1.807) is 0 Å². The normalized spacial score (nSPS) is 34.5. The van der Waals surface area contributed by atoms with E-state index in [1.165, 1.54) is 19.0 Å². The zero-order chi connectivity index (χ0) is 4.41. The summed E-state index contributed by atoms with van der Waals surface area (Å²) < 4.78 is 0. The SMILES string of the molecule is CP1CCNC1. The maximum atomic E-state index is 3.30. The Morgan fingerprint density at radius 1 is 1.67 bits per heavy atom. The summed E-state index contributed by atoms with van der Waals surface area (Å²) in [6.45, 7) is 3.61. The van der Waals surface area contributed by atoms with Gasteiger partial charge in [-0.2, -0.15) is 0 Å². The third-order valence-corrected chi connectivity index (χ3v) is 2.80. The molecule has 0 amide bonds. The van der Waals surface area contributed by atoms with E-state index in [-0.39, 0.29) is 0 Å². The maximum absolute atomic E-state index is 3.30. The smallest absolute Gasteiger partial charge is 0.0153 e. The van der Waals surface area contributed by atoms with Gasteiger partial charge in [-0.15, -0.1) is 0 Å². The summed E-state index contributed by atoms with van der Waals surface area (Å²) in [6.07, 6.45) is 2.74. The van der Waals surface area contributed by atoms with Crippen LogP contribution in [0.3, 0.4) is 0 Å². The van der Waals surface area contributed by atoms with Crippen LogP contribution in [-0.4, -0.2) is 25.7 Å². The highest BCUT2D eigenvalue weighted by Crippen LogP contribution is 2.30. The van der Waals surface area contributed by atoms with Gasteiger partial charge in [-0.3, -0.25) is 0 Å². The minimum Gasteiger partial charge on any atom is -0.313 e. The Labute approximate surface area is 39.9 Å². The average Bonchev–Trinajstić information content (AvgIpc) is 1.86. The summed E-state index contributed by atoms with van der Waals surface area (Å²) in [6, 6.07) is 0. The highest BCUT2D eigenvalue weighted by atomic mass is 31.1. The highest BCUT2D eigenvalue weighted by Gasteiger charge is 2.05. The third kappa shape index (κ3) is 0.924. The summed E-state index contributed by atoms with van der Waals surface area (Å²) >= 11 is 0. The summed E-state index contributed by atoms with van der Waals surface area (Å²) in [5.41, 5.74) is 0. The van der Waals surface area contributed by atoms with Crippen LogP contribution in [0.2, 0.25) is 0 Å². The Hall–Kier alpha value is 0.390. The van der Waals surface area contributed by atoms with Crippen molar-refractivity contribution in [3.8, 4) is 0 Å². The highest BCUT2D eigenvalue weighted by molar-refractivity contribution is 7.57. The van der Waals surface area contributed by atoms with Crippen molar-refractivity contribution in [2.45, 2.75) is 0 Å². The molecule has 2 heteroatoms. The molecule has 1 aliphatic rings. The molecule has 0 saturated carbocycles. The summed E-state index contributed by atoms with van der Waals surface area (Å²) in [4.78, 5) is 0. The fraction of sp³-hybridized carbons (Fsp3) is 1.00. The molecule has 1 saturated heterocycles. The first kappa shape index (κ1) is 4.55. The molecule has 1 unspecified atom stereocenters. The fourth-order valence-electron chi connectivity index (χ4n) is 0.619. The summed E-state index contributed by atoms with van der Waals surface area (Å²) in [5.74, 6) is 0. The van der Waals surface area contributed by atoms with Gasteiger partial charge in [0.1, 0.15) is 0 Å². The van der Waals surface area contributed by atoms with Crippen LogP contribution in [0.4, 0.5) is 0 Å². The molecule has 1 aliphatic heterocycles. The molecule has 0 radical (unpaired) electrons. The first-order valence-corrected chi connectivity index (χ1v) is 4.45. The van der Waals surface area contributed by atoms with Crippen LogP contribution in [0, 0.1) is 0 Å². The first-order valence-electron chi connectivity index (χ1n) is 2.29. The molecule has 0 aromatic rings. The molecule has 0 spiro atoms. The minimum atomic E-state index is 0.424. The molecule has 1 fully saturated rings. The third-order valence-electron chi connectivity index (χ3n) is 1.05. The second-order valence-corrected chi connectivity index (χ2v) is 4.21. The standard InChI is InChI=1S/C4H10NP/c1-6-3-2-5-4-6/h5H,2-4H2,1H3. The molecular weight excluding hydrogens is 93.0 g/mol. The van der Waals surface area contributed by atoms with Crippen LogP contribution >= 0.6 is 7.92 Å². The minimum absolute atomic E-state index is 0.424. The fourth-order valence-corrected chi connectivity index (χ4v) is 1.86. The Morgan fingerprint density at radius 3 is 2.67 bits per heavy atom. The van der Waals surface area contributed by atoms with E-state index in [0.717, 1.165) is 0 Å². The topological polar surface area (TPSA) is 12.0 Å². The molecule has 0 aromatic heterocycles. The monoisotopic (exact) mass is 103 g/mol. The molecule has 1 atom stereocenters. The van der Waals surface area contributed by atoms with Gasteiger partial charge in [0, 0.05) is 6.29 Å².